The first-order chi connectivity index (χ1) is 8.82. The van der Waals surface area contributed by atoms with Crippen LogP contribution in [0.5, 0.6) is 0 Å². The number of carbonyl (C=O) groups is 1. The molecule has 1 aromatic heterocycles. The highest BCUT2D eigenvalue weighted by molar-refractivity contribution is 9.10. The molecule has 106 valence electrons. The lowest BCUT2D eigenvalue weighted by molar-refractivity contribution is -0.137. The van der Waals surface area contributed by atoms with Gasteiger partial charge in [0, 0.05) is 13.6 Å². The first-order valence-electron chi connectivity index (χ1n) is 5.59. The Balaban J connectivity index is 2.35. The Hall–Kier alpha value is -1.00. The molecule has 0 aliphatic heterocycles. The van der Waals surface area contributed by atoms with Gasteiger partial charge in [0.25, 0.3) is 10.0 Å². The maximum absolute atomic E-state index is 12.5. The number of aromatic nitrogens is 3. The predicted molar refractivity (Wildman–Crippen MR) is 67.8 cm³/mol. The fourth-order valence-electron chi connectivity index (χ4n) is 1.71. The molecular formula is C9H13BrN4O4S. The van der Waals surface area contributed by atoms with Crippen LogP contribution < -0.4 is 0 Å². The van der Waals surface area contributed by atoms with E-state index in [1.165, 1.54) is 7.05 Å². The molecule has 10 heteroatoms. The summed E-state index contributed by atoms with van der Waals surface area (Å²) >= 11 is 3.02. The molecule has 0 atom stereocenters. The summed E-state index contributed by atoms with van der Waals surface area (Å²) in [6.45, 7) is -0.345. The second kappa shape index (κ2) is 5.17. The molecule has 0 amide bonds. The van der Waals surface area contributed by atoms with E-state index in [0.717, 1.165) is 21.8 Å². The molecule has 1 fully saturated rings. The van der Waals surface area contributed by atoms with Crippen LogP contribution in [-0.2, 0) is 21.9 Å². The number of sulfonamides is 1. The Labute approximate surface area is 118 Å². The summed E-state index contributed by atoms with van der Waals surface area (Å²) in [5.41, 5.74) is 0. The van der Waals surface area contributed by atoms with Gasteiger partial charge in [-0.15, -0.1) is 5.10 Å². The Morgan fingerprint density at radius 1 is 1.58 bits per heavy atom. The third kappa shape index (κ3) is 3.12. The summed E-state index contributed by atoms with van der Waals surface area (Å²) in [4.78, 5) is 10.8. The van der Waals surface area contributed by atoms with Gasteiger partial charge in [0.15, 0.2) is 4.60 Å². The monoisotopic (exact) mass is 352 g/mol. The number of hydrogen-bond donors (Lipinski definition) is 1. The zero-order valence-electron chi connectivity index (χ0n) is 10.2. The third-order valence-electron chi connectivity index (χ3n) is 2.79. The zero-order valence-corrected chi connectivity index (χ0v) is 12.6. The van der Waals surface area contributed by atoms with E-state index >= 15 is 0 Å². The van der Waals surface area contributed by atoms with Gasteiger partial charge in [0.1, 0.15) is 6.54 Å². The van der Waals surface area contributed by atoms with E-state index in [4.69, 9.17) is 5.11 Å². The maximum atomic E-state index is 12.5. The van der Waals surface area contributed by atoms with E-state index in [0.29, 0.717) is 0 Å². The van der Waals surface area contributed by atoms with Gasteiger partial charge < -0.3 is 5.11 Å². The van der Waals surface area contributed by atoms with Crippen molar-refractivity contribution in [1.82, 2.24) is 19.3 Å². The van der Waals surface area contributed by atoms with Crippen molar-refractivity contribution in [1.29, 1.82) is 0 Å². The van der Waals surface area contributed by atoms with Gasteiger partial charge in [-0.1, -0.05) is 5.21 Å². The average Bonchev–Trinajstić information content (AvgIpc) is 3.02. The average molecular weight is 353 g/mol. The number of aliphatic carboxylic acids is 1. The van der Waals surface area contributed by atoms with Crippen LogP contribution in [0.25, 0.3) is 0 Å². The van der Waals surface area contributed by atoms with Gasteiger partial charge in [0.2, 0.25) is 5.03 Å². The highest BCUT2D eigenvalue weighted by Crippen LogP contribution is 2.32. The molecule has 1 N–H and O–H groups in total. The number of aryl methyl sites for hydroxylation is 1. The van der Waals surface area contributed by atoms with Gasteiger partial charge in [-0.25, -0.2) is 13.1 Å². The van der Waals surface area contributed by atoms with E-state index in [9.17, 15) is 13.2 Å². The molecule has 0 spiro atoms. The van der Waals surface area contributed by atoms with Crippen LogP contribution in [0.1, 0.15) is 12.8 Å². The predicted octanol–water partition coefficient (Wildman–Crippen LogP) is 0.0629. The minimum Gasteiger partial charge on any atom is -0.480 e. The number of rotatable bonds is 6. The summed E-state index contributed by atoms with van der Waals surface area (Å²) in [5, 5.41) is 16.0. The smallest absolute Gasteiger partial charge is 0.318 e. The molecule has 0 bridgehead atoms. The minimum atomic E-state index is -3.93. The van der Waals surface area contributed by atoms with Gasteiger partial charge in [-0.2, -0.15) is 4.31 Å². The number of carboxylic acid groups (broad SMARTS) is 1. The van der Waals surface area contributed by atoms with Crippen LogP contribution in [0.3, 0.4) is 0 Å². The van der Waals surface area contributed by atoms with Crippen LogP contribution in [0.15, 0.2) is 9.63 Å². The van der Waals surface area contributed by atoms with E-state index < -0.39 is 22.5 Å². The van der Waals surface area contributed by atoms with Crippen molar-refractivity contribution < 1.29 is 18.3 Å². The molecule has 2 rings (SSSR count). The summed E-state index contributed by atoms with van der Waals surface area (Å²) in [6, 6.07) is 0. The zero-order chi connectivity index (χ0) is 14.2. The first kappa shape index (κ1) is 14.4. The highest BCUT2D eigenvalue weighted by Gasteiger charge is 2.36. The largest absolute Gasteiger partial charge is 0.480 e. The topological polar surface area (TPSA) is 105 Å². The Morgan fingerprint density at radius 3 is 2.63 bits per heavy atom. The molecule has 1 aromatic rings. The molecule has 1 heterocycles. The van der Waals surface area contributed by atoms with E-state index in [2.05, 4.69) is 26.2 Å². The van der Waals surface area contributed by atoms with Crippen LogP contribution in [0.4, 0.5) is 0 Å². The van der Waals surface area contributed by atoms with Crippen molar-refractivity contribution in [3.8, 4) is 0 Å². The molecule has 0 radical (unpaired) electrons. The van der Waals surface area contributed by atoms with Crippen LogP contribution in [0.2, 0.25) is 0 Å². The maximum Gasteiger partial charge on any atom is 0.318 e. The summed E-state index contributed by atoms with van der Waals surface area (Å²) < 4.78 is 27.1. The second-order valence-electron chi connectivity index (χ2n) is 4.44. The first-order valence-corrected chi connectivity index (χ1v) is 7.82. The molecule has 1 aliphatic rings. The number of hydrogen-bond acceptors (Lipinski definition) is 5. The van der Waals surface area contributed by atoms with Crippen LogP contribution >= 0.6 is 15.9 Å². The van der Waals surface area contributed by atoms with E-state index in [-0.39, 0.29) is 22.1 Å². The van der Waals surface area contributed by atoms with Crippen molar-refractivity contribution >= 4 is 31.9 Å². The van der Waals surface area contributed by atoms with Crippen molar-refractivity contribution in [2.45, 2.75) is 17.9 Å². The highest BCUT2D eigenvalue weighted by atomic mass is 79.9. The molecule has 8 nitrogen and oxygen atoms in total. The standard InChI is InChI=1S/C9H13BrN4O4S/c1-13-9(8(10)11-12-13)19(17,18)14(5-7(15)16)4-6-2-3-6/h6H,2-5H2,1H3,(H,15,16). The third-order valence-corrected chi connectivity index (χ3v) is 5.49. The van der Waals surface area contributed by atoms with Crippen LogP contribution in [-0.4, -0.2) is 51.9 Å². The quantitative estimate of drug-likeness (QED) is 0.776. The normalized spacial score (nSPS) is 15.9. The minimum absolute atomic E-state index is 0.0844. The van der Waals surface area contributed by atoms with Crippen molar-refractivity contribution in [2.24, 2.45) is 13.0 Å². The fraction of sp³-hybridized carbons (Fsp3) is 0.667. The Bertz CT molecular complexity index is 576. The Kier molecular flexibility index (Phi) is 3.92. The lowest BCUT2D eigenvalue weighted by Gasteiger charge is -2.19. The van der Waals surface area contributed by atoms with Crippen molar-refractivity contribution in [3.05, 3.63) is 4.60 Å². The molecule has 1 aliphatic carbocycles. The summed E-state index contributed by atoms with van der Waals surface area (Å²) in [7, 11) is -2.48. The SMILES string of the molecule is Cn1nnc(Br)c1S(=O)(=O)N(CC(=O)O)CC1CC1. The molecule has 0 unspecified atom stereocenters. The molecule has 1 saturated carbocycles. The second-order valence-corrected chi connectivity index (χ2v) is 7.05. The van der Waals surface area contributed by atoms with Gasteiger partial charge >= 0.3 is 5.97 Å². The molecule has 0 aromatic carbocycles. The van der Waals surface area contributed by atoms with Gasteiger partial charge in [0.05, 0.1) is 0 Å². The van der Waals surface area contributed by atoms with E-state index in [1.54, 1.807) is 0 Å². The van der Waals surface area contributed by atoms with E-state index in [1.807, 2.05) is 0 Å². The van der Waals surface area contributed by atoms with Crippen molar-refractivity contribution in [3.63, 3.8) is 0 Å². The lowest BCUT2D eigenvalue weighted by Crippen LogP contribution is -2.38. The molecular weight excluding hydrogens is 340 g/mol. The fourth-order valence-corrected chi connectivity index (χ4v) is 4.20. The summed E-state index contributed by atoms with van der Waals surface area (Å²) in [6.07, 6.45) is 1.85. The summed E-state index contributed by atoms with van der Waals surface area (Å²) in [5.74, 6) is -0.940. The van der Waals surface area contributed by atoms with Gasteiger partial charge in [-0.05, 0) is 34.7 Å². The molecule has 19 heavy (non-hydrogen) atoms. The van der Waals surface area contributed by atoms with Gasteiger partial charge in [-0.3, -0.25) is 4.79 Å². The Morgan fingerprint density at radius 2 is 2.21 bits per heavy atom. The van der Waals surface area contributed by atoms with Crippen molar-refractivity contribution in [2.75, 3.05) is 13.1 Å². The molecule has 0 saturated heterocycles. The van der Waals surface area contributed by atoms with Crippen LogP contribution in [0, 0.1) is 5.92 Å². The lowest BCUT2D eigenvalue weighted by atomic mass is 10.4. The number of carboxylic acids is 1. The number of halogens is 1. The number of nitrogens with zero attached hydrogens (tertiary/aromatic N) is 4.